The molecule has 11 rings (SSSR count). The number of aliphatic hydroxyl groups is 1. The zero-order chi connectivity index (χ0) is 67.5. The van der Waals surface area contributed by atoms with Crippen LogP contribution in [-0.2, 0) is 57.1 Å². The van der Waals surface area contributed by atoms with Crippen LogP contribution in [0.4, 0.5) is 5.95 Å². The van der Waals surface area contributed by atoms with E-state index < -0.39 is 104 Å². The molecule has 1 aliphatic carbocycles. The zero-order valence-electron chi connectivity index (χ0n) is 52.8. The highest BCUT2D eigenvalue weighted by atomic mass is 31.2. The second-order valence-corrected chi connectivity index (χ2v) is 24.8. The average Bonchev–Trinajstić information content (AvgIpc) is 0.912. The van der Waals surface area contributed by atoms with Crippen molar-refractivity contribution in [3.8, 4) is 34.5 Å². The summed E-state index contributed by atoms with van der Waals surface area (Å²) in [5.74, 6) is 4.60. The van der Waals surface area contributed by atoms with E-state index in [4.69, 9.17) is 48.6 Å². The summed E-state index contributed by atoms with van der Waals surface area (Å²) in [7, 11) is -1.75. The lowest BCUT2D eigenvalue weighted by Gasteiger charge is -2.37. The molecule has 0 saturated carbocycles. The maximum absolute atomic E-state index is 15.3. The van der Waals surface area contributed by atoms with Crippen molar-refractivity contribution < 1.29 is 66.0 Å². The van der Waals surface area contributed by atoms with Crippen LogP contribution in [-0.4, -0.2) is 130 Å². The second kappa shape index (κ2) is 30.3. The summed E-state index contributed by atoms with van der Waals surface area (Å²) in [5, 5.41) is 16.7. The van der Waals surface area contributed by atoms with Crippen LogP contribution < -0.4 is 36.9 Å². The van der Waals surface area contributed by atoms with E-state index in [1.165, 1.54) is 10.9 Å². The Morgan fingerprint density at radius 1 is 0.781 bits per heavy atom. The zero-order valence-corrected chi connectivity index (χ0v) is 53.7. The molecule has 3 aromatic heterocycles. The van der Waals surface area contributed by atoms with Gasteiger partial charge in [-0.3, -0.25) is 62.0 Å². The van der Waals surface area contributed by atoms with Gasteiger partial charge in [-0.2, -0.15) is 4.98 Å². The van der Waals surface area contributed by atoms with Crippen molar-refractivity contribution in [1.29, 1.82) is 0 Å². The van der Waals surface area contributed by atoms with Crippen molar-refractivity contribution in [2.45, 2.75) is 94.3 Å². The van der Waals surface area contributed by atoms with Crippen LogP contribution in [0.25, 0.3) is 27.1 Å². The van der Waals surface area contributed by atoms with E-state index in [1.54, 1.807) is 52.3 Å². The normalized spacial score (nSPS) is 18.8. The van der Waals surface area contributed by atoms with Crippen molar-refractivity contribution >= 4 is 42.7 Å². The lowest BCUT2D eigenvalue weighted by molar-refractivity contribution is -0.144. The van der Waals surface area contributed by atoms with Crippen LogP contribution in [0.1, 0.15) is 97.7 Å². The number of amides is 2. The number of hydrogen-bond donors (Lipinski definition) is 5. The molecule has 498 valence electrons. The Hall–Kier alpha value is -9.86. The molecule has 1 unspecified atom stereocenters. The number of aromatic nitrogens is 6. The van der Waals surface area contributed by atoms with Crippen LogP contribution in [0.15, 0.2) is 154 Å². The first-order chi connectivity index (χ1) is 46.5. The predicted octanol–water partition coefficient (Wildman–Crippen LogP) is 7.67. The van der Waals surface area contributed by atoms with E-state index in [-0.39, 0.29) is 87.0 Å². The van der Waals surface area contributed by atoms with Crippen LogP contribution in [0.5, 0.6) is 11.5 Å². The minimum atomic E-state index is -4.86. The molecule has 26 nitrogen and oxygen atoms in total. The molecule has 7 atom stereocenters. The van der Waals surface area contributed by atoms with E-state index >= 15 is 4.57 Å². The summed E-state index contributed by atoms with van der Waals surface area (Å²) < 4.78 is 73.0. The van der Waals surface area contributed by atoms with Crippen molar-refractivity contribution in [3.63, 3.8) is 0 Å². The number of imidazole rings is 1. The van der Waals surface area contributed by atoms with E-state index in [2.05, 4.69) is 59.4 Å². The van der Waals surface area contributed by atoms with Gasteiger partial charge in [-0.15, -0.1) is 0 Å². The first-order valence-corrected chi connectivity index (χ1v) is 32.5. The number of nitrogens with one attached hydrogen (secondary N) is 4. The van der Waals surface area contributed by atoms with Crippen molar-refractivity contribution in [3.05, 3.63) is 216 Å². The highest BCUT2D eigenvalue weighted by molar-refractivity contribution is 7.48. The first-order valence-electron chi connectivity index (χ1n) is 31.1. The molecule has 0 spiro atoms. The summed E-state index contributed by atoms with van der Waals surface area (Å²) >= 11 is 0. The first kappa shape index (κ1) is 67.6. The topological polar surface area (TPSA) is 318 Å². The van der Waals surface area contributed by atoms with Gasteiger partial charge >= 0.3 is 19.5 Å². The van der Waals surface area contributed by atoms with Gasteiger partial charge in [0, 0.05) is 43.7 Å². The number of benzene rings is 5. The predicted molar refractivity (Wildman–Crippen MR) is 349 cm³/mol. The van der Waals surface area contributed by atoms with E-state index in [0.29, 0.717) is 28.2 Å². The number of phosphoric acid groups is 1. The molecule has 96 heavy (non-hydrogen) atoms. The van der Waals surface area contributed by atoms with E-state index in [0.717, 1.165) is 33.0 Å². The van der Waals surface area contributed by atoms with Crippen LogP contribution in [0, 0.1) is 24.3 Å². The summed E-state index contributed by atoms with van der Waals surface area (Å²) in [6.07, 6.45) is -5.00. The SMILES string of the molecule is [C-]#[N+]CCOP(=O)(OC[C@H]1O[C@@H](n2cc(C#CCNC(=O)CCCC(=O)OCC3c4ccccc4-c4ccccc43)c(=O)[nH]c2=O)C[C@H]1O)O[C@@H]1C[C@H](n2cnc3c(=O)[nH]c(NC(=O)C(C)C)nc32)O[C@@H]1COC(c1ccccc1)(c1ccc(OC)cc1)c1ccc(OC)cc1. The third kappa shape index (κ3) is 15.1. The van der Waals surface area contributed by atoms with E-state index in [9.17, 15) is 33.9 Å². The number of aromatic amines is 2. The number of carbonyl (C=O) groups is 3. The van der Waals surface area contributed by atoms with Crippen LogP contribution >= 0.6 is 7.82 Å². The average molecular weight is 1330 g/mol. The number of nitrogens with zero attached hydrogens (tertiary/aromatic N) is 5. The monoisotopic (exact) mass is 1330 g/mol. The Morgan fingerprint density at radius 2 is 1.42 bits per heavy atom. The van der Waals surface area contributed by atoms with Gasteiger partial charge in [0.2, 0.25) is 24.3 Å². The molecular formula is C69H70N9O17P. The molecule has 8 aromatic rings. The Morgan fingerprint density at radius 3 is 2.07 bits per heavy atom. The van der Waals surface area contributed by atoms with E-state index in [1.807, 2.05) is 91.0 Å². The van der Waals surface area contributed by atoms with Gasteiger partial charge in [0.1, 0.15) is 66.6 Å². The molecule has 2 saturated heterocycles. The maximum Gasteiger partial charge on any atom is 0.475 e. The molecule has 2 aliphatic heterocycles. The number of rotatable bonds is 27. The lowest BCUT2D eigenvalue weighted by Crippen LogP contribution is -2.38. The Balaban J connectivity index is 0.784. The van der Waals surface area contributed by atoms with Gasteiger partial charge in [0.25, 0.3) is 11.1 Å². The van der Waals surface area contributed by atoms with Crippen molar-refractivity contribution in [2.24, 2.45) is 5.92 Å². The minimum absolute atomic E-state index is 0.00628. The molecule has 3 aliphatic rings. The van der Waals surface area contributed by atoms with Gasteiger partial charge in [0.15, 0.2) is 11.2 Å². The van der Waals surface area contributed by atoms with Gasteiger partial charge in [-0.05, 0) is 69.6 Å². The third-order valence-electron chi connectivity index (χ3n) is 16.7. The van der Waals surface area contributed by atoms with Gasteiger partial charge < -0.3 is 43.7 Å². The summed E-state index contributed by atoms with van der Waals surface area (Å²) in [5.41, 5.74) is 2.44. The number of phosphoric ester groups is 1. The lowest BCUT2D eigenvalue weighted by atomic mass is 9.80. The number of anilines is 1. The summed E-state index contributed by atoms with van der Waals surface area (Å²) in [4.78, 5) is 95.1. The molecule has 5 N–H and O–H groups in total. The largest absolute Gasteiger partial charge is 0.497 e. The number of H-pyrrole nitrogens is 2. The number of esters is 1. The number of ether oxygens (including phenoxy) is 6. The number of carbonyl (C=O) groups excluding carboxylic acids is 3. The number of hydrogen-bond acceptors (Lipinski definition) is 19. The number of fused-ring (bicyclic) bond motifs is 4. The third-order valence-corrected chi connectivity index (χ3v) is 18.2. The van der Waals surface area contributed by atoms with Gasteiger partial charge in [0.05, 0.1) is 46.4 Å². The highest BCUT2D eigenvalue weighted by Crippen LogP contribution is 2.54. The second-order valence-electron chi connectivity index (χ2n) is 23.1. The standard InChI is InChI=1S/C69H70N9O17P/c1-42(2)64(82)74-67-73-63-62(66(84)75-67)72-41-78(63)60-36-55(57(94-60)39-90-69(44-16-7-6-8-17-44,45-24-28-47(87-4)29-25-45)46-26-30-48(88-5)31-27-46)95-96(86,91-34-33-70-3)92-40-56-54(79)35-59(93-56)77-37-43(65(83)76-68(77)85)15-14-32-71-58(80)22-13-23-61(81)89-38-53-51-20-11-9-18-49(51)50-19-10-12-21-52(50)53/h6-12,16-21,24-31,37,41-42,53-57,59-60,79H,13,22-23,32-36,38-40H2,1-2,4-5H3,(H,71,80)(H,76,83,85)(H2,73,74,75,82,84)/t54-,55-,56-,57-,59-,60-,96?/m1/s1. The molecule has 2 amide bonds. The van der Waals surface area contributed by atoms with Gasteiger partial charge in [-0.1, -0.05) is 129 Å². The highest BCUT2D eigenvalue weighted by Gasteiger charge is 2.48. The van der Waals surface area contributed by atoms with Crippen LogP contribution in [0.3, 0.4) is 0 Å². The Bertz CT molecular complexity index is 4370. The number of aliphatic hydroxyl groups excluding tert-OH is 1. The van der Waals surface area contributed by atoms with Crippen molar-refractivity contribution in [1.82, 2.24) is 34.4 Å². The summed E-state index contributed by atoms with van der Waals surface area (Å²) in [6, 6.07) is 40.1. The molecule has 27 heteroatoms. The molecule has 2 fully saturated rings. The Labute approximate surface area is 550 Å². The Kier molecular flexibility index (Phi) is 21.3. The maximum atomic E-state index is 15.3. The van der Waals surface area contributed by atoms with Crippen molar-refractivity contribution in [2.75, 3.05) is 59.1 Å². The van der Waals surface area contributed by atoms with Gasteiger partial charge in [-0.25, -0.2) is 20.9 Å². The molecule has 0 radical (unpaired) electrons. The minimum Gasteiger partial charge on any atom is -0.497 e. The fraction of sp³-hybridized carbons (Fsp3) is 0.348. The summed E-state index contributed by atoms with van der Waals surface area (Å²) in [6.45, 7) is 9.17. The smallest absolute Gasteiger partial charge is 0.475 e. The molecule has 5 aromatic carbocycles. The molecular weight excluding hydrogens is 1260 g/mol. The molecule has 0 bridgehead atoms. The number of methoxy groups -OCH3 is 2. The fourth-order valence-electron chi connectivity index (χ4n) is 11.8. The fourth-order valence-corrected chi connectivity index (χ4v) is 13.2. The molecule has 5 heterocycles. The van der Waals surface area contributed by atoms with Crippen LogP contribution in [0.2, 0.25) is 0 Å². The quantitative estimate of drug-likeness (QED) is 0.00823.